The first-order chi connectivity index (χ1) is 13.0. The van der Waals surface area contributed by atoms with Gasteiger partial charge in [0.2, 0.25) is 0 Å². The lowest BCUT2D eigenvalue weighted by Gasteiger charge is -2.33. The number of nitrogens with one attached hydrogen (secondary N) is 1. The predicted octanol–water partition coefficient (Wildman–Crippen LogP) is 2.21. The lowest BCUT2D eigenvalue weighted by Crippen LogP contribution is -2.45. The summed E-state index contributed by atoms with van der Waals surface area (Å²) in [7, 11) is 1.77. The molecule has 1 amide bonds. The lowest BCUT2D eigenvalue weighted by atomic mass is 10.0. The van der Waals surface area contributed by atoms with Crippen LogP contribution in [0.5, 0.6) is 0 Å². The minimum atomic E-state index is -0.307. The molecular weight excluding hydrogens is 347 g/mol. The molecule has 27 heavy (non-hydrogen) atoms. The number of anilines is 1. The van der Waals surface area contributed by atoms with Gasteiger partial charge in [0.15, 0.2) is 0 Å². The number of fused-ring (bicyclic) bond motifs is 1. The summed E-state index contributed by atoms with van der Waals surface area (Å²) < 4.78 is 15.0. The highest BCUT2D eigenvalue weighted by Gasteiger charge is 2.24. The average molecular weight is 368 g/mol. The van der Waals surface area contributed by atoms with Crippen molar-refractivity contribution in [3.05, 3.63) is 47.8 Å². The fourth-order valence-corrected chi connectivity index (χ4v) is 3.59. The Labute approximate surface area is 156 Å². The van der Waals surface area contributed by atoms with Crippen LogP contribution in [-0.4, -0.2) is 44.8 Å². The molecule has 0 aliphatic carbocycles. The lowest BCUT2D eigenvalue weighted by molar-refractivity contribution is 0.0921. The number of halogens is 1. The summed E-state index contributed by atoms with van der Waals surface area (Å²) >= 11 is 0. The number of hydrogen-bond acceptors (Lipinski definition) is 5. The summed E-state index contributed by atoms with van der Waals surface area (Å²) in [4.78, 5) is 23.2. The van der Waals surface area contributed by atoms with Gasteiger partial charge in [-0.3, -0.25) is 9.48 Å². The van der Waals surface area contributed by atoms with E-state index in [1.807, 2.05) is 6.92 Å². The summed E-state index contributed by atoms with van der Waals surface area (Å²) in [6, 6.07) is 6.46. The van der Waals surface area contributed by atoms with Crippen LogP contribution in [0.25, 0.3) is 10.9 Å². The van der Waals surface area contributed by atoms with Gasteiger partial charge < -0.3 is 10.2 Å². The van der Waals surface area contributed by atoms with Gasteiger partial charge >= 0.3 is 0 Å². The summed E-state index contributed by atoms with van der Waals surface area (Å²) in [5.74, 6) is 0.408. The Bertz CT molecular complexity index is 993. The van der Waals surface area contributed by atoms with Crippen LogP contribution in [0.1, 0.15) is 29.0 Å². The molecule has 0 unspecified atom stereocenters. The van der Waals surface area contributed by atoms with E-state index in [1.165, 1.54) is 18.5 Å². The zero-order valence-corrected chi connectivity index (χ0v) is 15.3. The van der Waals surface area contributed by atoms with Crippen molar-refractivity contribution >= 4 is 22.6 Å². The zero-order valence-electron chi connectivity index (χ0n) is 15.3. The van der Waals surface area contributed by atoms with Gasteiger partial charge in [0.25, 0.3) is 5.91 Å². The third-order valence-electron chi connectivity index (χ3n) is 4.94. The number of carbonyl (C=O) groups is 1. The zero-order chi connectivity index (χ0) is 19.0. The number of carbonyl (C=O) groups excluding carboxylic acids is 1. The Morgan fingerprint density at radius 1 is 1.22 bits per heavy atom. The molecule has 0 atom stereocenters. The molecule has 1 aromatic carbocycles. The molecule has 0 saturated carbocycles. The molecule has 0 bridgehead atoms. The Hall–Kier alpha value is -3.03. The van der Waals surface area contributed by atoms with Crippen LogP contribution in [0, 0.1) is 12.7 Å². The summed E-state index contributed by atoms with van der Waals surface area (Å²) in [6.45, 7) is 3.39. The van der Waals surface area contributed by atoms with Gasteiger partial charge in [-0.15, -0.1) is 0 Å². The number of aromatic nitrogens is 4. The molecule has 0 spiro atoms. The Morgan fingerprint density at radius 2 is 2.00 bits per heavy atom. The maximum Gasteiger partial charge on any atom is 0.269 e. The second-order valence-electron chi connectivity index (χ2n) is 6.89. The van der Waals surface area contributed by atoms with Crippen LogP contribution in [0.15, 0.2) is 30.6 Å². The van der Waals surface area contributed by atoms with E-state index in [2.05, 4.69) is 25.3 Å². The number of nitrogens with zero attached hydrogens (tertiary/aromatic N) is 5. The molecule has 0 radical (unpaired) electrons. The maximum absolute atomic E-state index is 13.4. The third kappa shape index (κ3) is 3.47. The fraction of sp³-hybridized carbons (Fsp3) is 0.368. The first-order valence-electron chi connectivity index (χ1n) is 8.98. The Kier molecular flexibility index (Phi) is 4.47. The quantitative estimate of drug-likeness (QED) is 0.767. The number of piperidine rings is 1. The van der Waals surface area contributed by atoms with Crippen LogP contribution < -0.4 is 10.2 Å². The van der Waals surface area contributed by atoms with Gasteiger partial charge in [-0.1, -0.05) is 0 Å². The van der Waals surface area contributed by atoms with Crippen molar-refractivity contribution in [2.24, 2.45) is 7.05 Å². The first kappa shape index (κ1) is 17.4. The largest absolute Gasteiger partial charge is 0.356 e. The van der Waals surface area contributed by atoms with Gasteiger partial charge in [-0.05, 0) is 38.0 Å². The van der Waals surface area contributed by atoms with Crippen LogP contribution >= 0.6 is 0 Å². The standard InChI is InChI=1S/C19H21FN6O/c1-12-9-17(25(2)24-12)19(27)23-14-5-7-26(8-6-14)18-15-4-3-13(20)10-16(15)21-11-22-18/h3-4,9-11,14H,5-8H2,1-2H3,(H,23,27). The number of benzene rings is 1. The van der Waals surface area contributed by atoms with Crippen LogP contribution in [-0.2, 0) is 7.05 Å². The number of amides is 1. The molecule has 8 heteroatoms. The second-order valence-corrected chi connectivity index (χ2v) is 6.89. The van der Waals surface area contributed by atoms with Crippen molar-refractivity contribution in [2.75, 3.05) is 18.0 Å². The van der Waals surface area contributed by atoms with E-state index in [0.717, 1.165) is 42.8 Å². The maximum atomic E-state index is 13.4. The van der Waals surface area contributed by atoms with Crippen LogP contribution in [0.2, 0.25) is 0 Å². The van der Waals surface area contributed by atoms with Crippen molar-refractivity contribution in [1.82, 2.24) is 25.1 Å². The topological polar surface area (TPSA) is 75.9 Å². The minimum Gasteiger partial charge on any atom is -0.356 e. The van der Waals surface area contributed by atoms with E-state index in [0.29, 0.717) is 11.2 Å². The highest BCUT2D eigenvalue weighted by atomic mass is 19.1. The van der Waals surface area contributed by atoms with E-state index < -0.39 is 0 Å². The molecule has 7 nitrogen and oxygen atoms in total. The van der Waals surface area contributed by atoms with Gasteiger partial charge in [-0.25, -0.2) is 14.4 Å². The molecule has 140 valence electrons. The van der Waals surface area contributed by atoms with Crippen molar-refractivity contribution in [2.45, 2.75) is 25.8 Å². The number of rotatable bonds is 3. The van der Waals surface area contributed by atoms with Gasteiger partial charge in [0.1, 0.15) is 23.7 Å². The summed E-state index contributed by atoms with van der Waals surface area (Å²) in [5, 5.41) is 8.16. The van der Waals surface area contributed by atoms with E-state index in [1.54, 1.807) is 23.9 Å². The molecule has 2 aromatic heterocycles. The number of aryl methyl sites for hydroxylation is 2. The van der Waals surface area contributed by atoms with Gasteiger partial charge in [0.05, 0.1) is 11.2 Å². The minimum absolute atomic E-state index is 0.0977. The average Bonchev–Trinajstić information content (AvgIpc) is 3.00. The Morgan fingerprint density at radius 3 is 2.70 bits per heavy atom. The van der Waals surface area contributed by atoms with E-state index in [9.17, 15) is 9.18 Å². The smallest absolute Gasteiger partial charge is 0.269 e. The Balaban J connectivity index is 1.44. The summed E-state index contributed by atoms with van der Waals surface area (Å²) in [5.41, 5.74) is 1.99. The third-order valence-corrected chi connectivity index (χ3v) is 4.94. The van der Waals surface area contributed by atoms with Crippen molar-refractivity contribution in [1.29, 1.82) is 0 Å². The van der Waals surface area contributed by atoms with Crippen LogP contribution in [0.3, 0.4) is 0 Å². The molecule has 3 aromatic rings. The summed E-state index contributed by atoms with van der Waals surface area (Å²) in [6.07, 6.45) is 3.10. The SMILES string of the molecule is Cc1cc(C(=O)NC2CCN(c3ncnc4cc(F)ccc34)CC2)n(C)n1. The highest BCUT2D eigenvalue weighted by molar-refractivity contribution is 5.93. The van der Waals surface area contributed by atoms with Crippen molar-refractivity contribution in [3.8, 4) is 0 Å². The predicted molar refractivity (Wildman–Crippen MR) is 100 cm³/mol. The van der Waals surface area contributed by atoms with Crippen molar-refractivity contribution < 1.29 is 9.18 Å². The molecule has 1 aliphatic rings. The number of hydrogen-bond donors (Lipinski definition) is 1. The van der Waals surface area contributed by atoms with Gasteiger partial charge in [0, 0.05) is 37.6 Å². The fourth-order valence-electron chi connectivity index (χ4n) is 3.59. The molecule has 1 saturated heterocycles. The molecule has 4 rings (SSSR count). The van der Waals surface area contributed by atoms with Gasteiger partial charge in [-0.2, -0.15) is 5.10 Å². The highest BCUT2D eigenvalue weighted by Crippen LogP contribution is 2.26. The molecule has 1 fully saturated rings. The molecule has 3 heterocycles. The van der Waals surface area contributed by atoms with E-state index in [-0.39, 0.29) is 17.8 Å². The first-order valence-corrected chi connectivity index (χ1v) is 8.98. The monoisotopic (exact) mass is 368 g/mol. The van der Waals surface area contributed by atoms with E-state index >= 15 is 0 Å². The molecular formula is C19H21FN6O. The molecule has 1 aliphatic heterocycles. The van der Waals surface area contributed by atoms with Crippen LogP contribution in [0.4, 0.5) is 10.2 Å². The van der Waals surface area contributed by atoms with E-state index in [4.69, 9.17) is 0 Å². The van der Waals surface area contributed by atoms with Crippen molar-refractivity contribution in [3.63, 3.8) is 0 Å². The second kappa shape index (κ2) is 6.94. The normalized spacial score (nSPS) is 15.3. The molecule has 1 N–H and O–H groups in total.